The molecular weight excluding hydrogens is 326 g/mol. The molecule has 1 rings (SSSR count). The summed E-state index contributed by atoms with van der Waals surface area (Å²) in [5.74, 6) is -0.981. The van der Waals surface area contributed by atoms with E-state index in [0.717, 1.165) is 0 Å². The maximum absolute atomic E-state index is 12.6. The predicted octanol–water partition coefficient (Wildman–Crippen LogP) is 2.80. The van der Waals surface area contributed by atoms with Crippen LogP contribution in [0.2, 0.25) is 0 Å². The van der Waals surface area contributed by atoms with Crippen LogP contribution in [0.5, 0.6) is 0 Å². The van der Waals surface area contributed by atoms with Crippen LogP contribution in [0, 0.1) is 0 Å². The first kappa shape index (κ1) is 17.8. The summed E-state index contributed by atoms with van der Waals surface area (Å²) in [6.45, 7) is 0. The zero-order valence-corrected chi connectivity index (χ0v) is 11.3. The van der Waals surface area contributed by atoms with Gasteiger partial charge in [-0.1, -0.05) is 0 Å². The lowest BCUT2D eigenvalue weighted by Gasteiger charge is -2.16. The monoisotopic (exact) mass is 336 g/mol. The zero-order chi connectivity index (χ0) is 16.6. The number of sulfone groups is 1. The topological polar surface area (TPSA) is 54.4 Å². The van der Waals surface area contributed by atoms with Crippen LogP contribution in [0.4, 0.5) is 26.3 Å². The van der Waals surface area contributed by atoms with Gasteiger partial charge in [0.15, 0.2) is 0 Å². The third kappa shape index (κ3) is 5.20. The third-order valence-electron chi connectivity index (χ3n) is 2.46. The van der Waals surface area contributed by atoms with E-state index in [-0.39, 0.29) is 6.07 Å². The second-order valence-electron chi connectivity index (χ2n) is 4.45. The van der Waals surface area contributed by atoms with Gasteiger partial charge in [0.25, 0.3) is 0 Å². The molecular formula is C11H10F6O3S. The lowest BCUT2D eigenvalue weighted by atomic mass is 10.0. The van der Waals surface area contributed by atoms with Crippen LogP contribution in [0.25, 0.3) is 0 Å². The van der Waals surface area contributed by atoms with E-state index < -0.39 is 50.7 Å². The van der Waals surface area contributed by atoms with Gasteiger partial charge >= 0.3 is 12.4 Å². The van der Waals surface area contributed by atoms with Crippen LogP contribution < -0.4 is 0 Å². The Hall–Kier alpha value is -1.29. The average Bonchev–Trinajstić information content (AvgIpc) is 2.23. The summed E-state index contributed by atoms with van der Waals surface area (Å²) in [6.07, 6.45) is -11.4. The SMILES string of the molecule is CS(=O)(=O)CC(O)c1cc(C(F)(F)F)cc(C(F)(F)F)c1. The van der Waals surface area contributed by atoms with Gasteiger partial charge in [0.1, 0.15) is 9.84 Å². The second kappa shape index (κ2) is 5.48. The Morgan fingerprint density at radius 3 is 1.67 bits per heavy atom. The van der Waals surface area contributed by atoms with Gasteiger partial charge in [-0.25, -0.2) is 8.42 Å². The molecule has 0 aliphatic rings. The molecule has 10 heteroatoms. The van der Waals surface area contributed by atoms with Crippen molar-refractivity contribution in [2.24, 2.45) is 0 Å². The smallest absolute Gasteiger partial charge is 0.387 e. The molecule has 120 valence electrons. The predicted molar refractivity (Wildman–Crippen MR) is 61.1 cm³/mol. The summed E-state index contributed by atoms with van der Waals surface area (Å²) in [5.41, 5.74) is -3.98. The largest absolute Gasteiger partial charge is 0.416 e. The molecule has 21 heavy (non-hydrogen) atoms. The molecule has 0 aliphatic heterocycles. The summed E-state index contributed by atoms with van der Waals surface area (Å²) in [4.78, 5) is 0. The Kier molecular flexibility index (Phi) is 4.64. The van der Waals surface area contributed by atoms with Crippen LogP contribution in [0.1, 0.15) is 22.8 Å². The second-order valence-corrected chi connectivity index (χ2v) is 6.63. The lowest BCUT2D eigenvalue weighted by Crippen LogP contribution is -2.16. The van der Waals surface area contributed by atoms with E-state index >= 15 is 0 Å². The standard InChI is InChI=1S/C11H10F6O3S/c1-21(19,20)5-9(18)6-2-7(10(12,13)14)4-8(3-6)11(15,16)17/h2-4,9,18H,5H2,1H3. The highest BCUT2D eigenvalue weighted by molar-refractivity contribution is 7.90. The number of rotatable bonds is 3. The molecule has 1 atom stereocenters. The number of benzene rings is 1. The van der Waals surface area contributed by atoms with Crippen molar-refractivity contribution >= 4 is 9.84 Å². The Balaban J connectivity index is 3.39. The van der Waals surface area contributed by atoms with Gasteiger partial charge < -0.3 is 5.11 Å². The van der Waals surface area contributed by atoms with Gasteiger partial charge in [0.05, 0.1) is 23.0 Å². The molecule has 0 fully saturated rings. The first-order valence-corrected chi connectivity index (χ1v) is 7.41. The van der Waals surface area contributed by atoms with Crippen molar-refractivity contribution in [1.82, 2.24) is 0 Å². The molecule has 3 nitrogen and oxygen atoms in total. The van der Waals surface area contributed by atoms with Crippen molar-refractivity contribution in [1.29, 1.82) is 0 Å². The minimum absolute atomic E-state index is 0.101. The Morgan fingerprint density at radius 2 is 1.38 bits per heavy atom. The van der Waals surface area contributed by atoms with E-state index in [4.69, 9.17) is 0 Å². The Bertz CT molecular complexity index is 586. The van der Waals surface area contributed by atoms with Gasteiger partial charge in [-0.05, 0) is 23.8 Å². The Morgan fingerprint density at radius 1 is 1.00 bits per heavy atom. The van der Waals surface area contributed by atoms with Gasteiger partial charge in [-0.2, -0.15) is 26.3 Å². The summed E-state index contributed by atoms with van der Waals surface area (Å²) in [5, 5.41) is 9.52. The highest BCUT2D eigenvalue weighted by Crippen LogP contribution is 2.37. The number of hydrogen-bond donors (Lipinski definition) is 1. The molecule has 0 aliphatic carbocycles. The minimum Gasteiger partial charge on any atom is -0.387 e. The maximum Gasteiger partial charge on any atom is 0.416 e. The van der Waals surface area contributed by atoms with Crippen molar-refractivity contribution in [2.75, 3.05) is 12.0 Å². The number of alkyl halides is 6. The number of aliphatic hydroxyl groups is 1. The van der Waals surface area contributed by atoms with Crippen molar-refractivity contribution < 1.29 is 39.9 Å². The first-order valence-electron chi connectivity index (χ1n) is 5.35. The first-order chi connectivity index (χ1) is 9.20. The molecule has 1 aromatic carbocycles. The van der Waals surface area contributed by atoms with Crippen LogP contribution in [0.3, 0.4) is 0 Å². The molecule has 0 spiro atoms. The average molecular weight is 336 g/mol. The molecule has 0 amide bonds. The van der Waals surface area contributed by atoms with E-state index in [1.54, 1.807) is 0 Å². The normalized spacial score (nSPS) is 15.0. The van der Waals surface area contributed by atoms with E-state index in [1.165, 1.54) is 0 Å². The van der Waals surface area contributed by atoms with Gasteiger partial charge in [-0.15, -0.1) is 0 Å². The molecule has 0 radical (unpaired) electrons. The van der Waals surface area contributed by atoms with Crippen LogP contribution in [0.15, 0.2) is 18.2 Å². The van der Waals surface area contributed by atoms with Crippen molar-refractivity contribution in [3.05, 3.63) is 34.9 Å². The maximum atomic E-state index is 12.6. The fourth-order valence-electron chi connectivity index (χ4n) is 1.55. The van der Waals surface area contributed by atoms with E-state index in [9.17, 15) is 39.9 Å². The van der Waals surface area contributed by atoms with E-state index in [1.807, 2.05) is 0 Å². The van der Waals surface area contributed by atoms with Crippen LogP contribution >= 0.6 is 0 Å². The number of halogens is 6. The van der Waals surface area contributed by atoms with Gasteiger partial charge in [0, 0.05) is 6.26 Å². The molecule has 1 aromatic rings. The van der Waals surface area contributed by atoms with Crippen molar-refractivity contribution in [3.63, 3.8) is 0 Å². The molecule has 1 N–H and O–H groups in total. The zero-order valence-electron chi connectivity index (χ0n) is 10.5. The molecule has 0 bridgehead atoms. The molecule has 0 heterocycles. The van der Waals surface area contributed by atoms with Gasteiger partial charge in [0.2, 0.25) is 0 Å². The molecule has 1 unspecified atom stereocenters. The third-order valence-corrected chi connectivity index (χ3v) is 3.38. The van der Waals surface area contributed by atoms with Crippen molar-refractivity contribution in [2.45, 2.75) is 18.5 Å². The summed E-state index contributed by atoms with van der Waals surface area (Å²) in [6, 6.07) is 0.493. The summed E-state index contributed by atoms with van der Waals surface area (Å²) < 4.78 is 97.4. The summed E-state index contributed by atoms with van der Waals surface area (Å²) in [7, 11) is -3.78. The molecule has 0 aromatic heterocycles. The molecule has 0 saturated carbocycles. The van der Waals surface area contributed by atoms with Crippen LogP contribution in [-0.4, -0.2) is 25.5 Å². The fourth-order valence-corrected chi connectivity index (χ4v) is 2.32. The number of aliphatic hydroxyl groups excluding tert-OH is 1. The highest BCUT2D eigenvalue weighted by atomic mass is 32.2. The van der Waals surface area contributed by atoms with Crippen LogP contribution in [-0.2, 0) is 22.2 Å². The quantitative estimate of drug-likeness (QED) is 0.864. The fraction of sp³-hybridized carbons (Fsp3) is 0.455. The highest BCUT2D eigenvalue weighted by Gasteiger charge is 2.37. The van der Waals surface area contributed by atoms with E-state index in [0.29, 0.717) is 18.4 Å². The summed E-state index contributed by atoms with van der Waals surface area (Å²) >= 11 is 0. The van der Waals surface area contributed by atoms with Gasteiger partial charge in [-0.3, -0.25) is 0 Å². The molecule has 0 saturated heterocycles. The lowest BCUT2D eigenvalue weighted by molar-refractivity contribution is -0.143. The number of hydrogen-bond acceptors (Lipinski definition) is 3. The Labute approximate surface area is 116 Å². The minimum atomic E-state index is -5.05. The van der Waals surface area contributed by atoms with Crippen molar-refractivity contribution in [3.8, 4) is 0 Å². The van der Waals surface area contributed by atoms with E-state index in [2.05, 4.69) is 0 Å².